The molecule has 0 amide bonds. The Balaban J connectivity index is 4.00. The number of rotatable bonds is 57. The number of phosphoric ester groups is 1. The molecule has 1 N–H and O–H groups in total. The Morgan fingerprint density at radius 1 is 0.421 bits per heavy atom. The molecule has 0 radical (unpaired) electrons. The Morgan fingerprint density at radius 3 is 1.13 bits per heavy atom. The first-order valence-electron chi connectivity index (χ1n) is 31.3. The van der Waals surface area contributed by atoms with Crippen LogP contribution in [0.5, 0.6) is 0 Å². The molecule has 0 aliphatic carbocycles. The maximum atomic E-state index is 12.8. The minimum atomic E-state index is -4.39. The zero-order chi connectivity index (χ0) is 55.6. The van der Waals surface area contributed by atoms with Crippen molar-refractivity contribution in [3.63, 3.8) is 0 Å². The lowest BCUT2D eigenvalue weighted by atomic mass is 10.0. The molecule has 9 nitrogen and oxygen atoms in total. The van der Waals surface area contributed by atoms with Gasteiger partial charge < -0.3 is 18.9 Å². The molecule has 440 valence electrons. The topological polar surface area (TPSA) is 108 Å². The Labute approximate surface area is 469 Å². The Morgan fingerprint density at radius 2 is 0.750 bits per heavy atom. The van der Waals surface area contributed by atoms with E-state index in [4.69, 9.17) is 18.5 Å². The summed E-state index contributed by atoms with van der Waals surface area (Å²) in [5, 5.41) is 0. The first-order valence-corrected chi connectivity index (χ1v) is 32.8. The van der Waals surface area contributed by atoms with E-state index in [-0.39, 0.29) is 32.0 Å². The number of nitrogens with zero attached hydrogens (tertiary/aromatic N) is 1. The molecule has 2 unspecified atom stereocenters. The summed E-state index contributed by atoms with van der Waals surface area (Å²) >= 11 is 0. The molecule has 0 aromatic carbocycles. The van der Waals surface area contributed by atoms with E-state index in [1.54, 1.807) is 0 Å². The molecule has 0 spiro atoms. The number of quaternary nitrogens is 1. The van der Waals surface area contributed by atoms with Crippen molar-refractivity contribution < 1.29 is 42.1 Å². The van der Waals surface area contributed by atoms with Crippen LogP contribution in [0.1, 0.15) is 271 Å². The van der Waals surface area contributed by atoms with E-state index in [2.05, 4.69) is 98.9 Å². The SMILES string of the molecule is CC/C=C\C/C=C\C/C=C\C/C=C\C/C=C\C/C=C\CCCCCCCCCCCCCCCCCCCCC(=O)OC(COC(=O)CCCCCCC/C=C\CCCCCCCC)COP(=O)(O)OCC[N+](C)(C)C. The molecule has 2 atom stereocenters. The molecule has 0 bridgehead atoms. The fraction of sp³-hybridized carbons (Fsp3) is 0.758. The average Bonchev–Trinajstić information content (AvgIpc) is 3.38. The summed E-state index contributed by atoms with van der Waals surface area (Å²) in [5.41, 5.74) is 0. The molecule has 0 fully saturated rings. The molecule has 0 saturated carbocycles. The molecule has 0 saturated heterocycles. The summed E-state index contributed by atoms with van der Waals surface area (Å²) in [5.74, 6) is -0.801. The van der Waals surface area contributed by atoms with Gasteiger partial charge in [0.15, 0.2) is 6.10 Å². The van der Waals surface area contributed by atoms with Crippen LogP contribution in [0.4, 0.5) is 0 Å². The van der Waals surface area contributed by atoms with Crippen LogP contribution in [0.3, 0.4) is 0 Å². The molecule has 0 heterocycles. The summed E-state index contributed by atoms with van der Waals surface area (Å²) in [7, 11) is 1.48. The number of hydrogen-bond donors (Lipinski definition) is 1. The van der Waals surface area contributed by atoms with Gasteiger partial charge >= 0.3 is 19.8 Å². The van der Waals surface area contributed by atoms with Gasteiger partial charge in [0.25, 0.3) is 0 Å². The Kier molecular flexibility index (Phi) is 54.8. The lowest BCUT2D eigenvalue weighted by molar-refractivity contribution is -0.870. The maximum Gasteiger partial charge on any atom is 0.472 e. The van der Waals surface area contributed by atoms with Gasteiger partial charge in [-0.05, 0) is 89.9 Å². The molecular formula is C66H119NO8P+. The van der Waals surface area contributed by atoms with Crippen molar-refractivity contribution in [2.45, 2.75) is 277 Å². The molecule has 76 heavy (non-hydrogen) atoms. The zero-order valence-electron chi connectivity index (χ0n) is 50.0. The van der Waals surface area contributed by atoms with Crippen molar-refractivity contribution >= 4 is 19.8 Å². The highest BCUT2D eigenvalue weighted by atomic mass is 31.2. The maximum absolute atomic E-state index is 12.8. The van der Waals surface area contributed by atoms with E-state index >= 15 is 0 Å². The largest absolute Gasteiger partial charge is 0.472 e. The number of allylic oxidation sites excluding steroid dienone is 14. The third-order valence-electron chi connectivity index (χ3n) is 13.4. The van der Waals surface area contributed by atoms with Crippen LogP contribution in [0, 0.1) is 0 Å². The predicted octanol–water partition coefficient (Wildman–Crippen LogP) is 19.8. The van der Waals surface area contributed by atoms with Crippen molar-refractivity contribution in [3.05, 3.63) is 85.1 Å². The fourth-order valence-corrected chi connectivity index (χ4v) is 9.34. The molecule has 10 heteroatoms. The van der Waals surface area contributed by atoms with Crippen LogP contribution in [-0.2, 0) is 32.7 Å². The van der Waals surface area contributed by atoms with Gasteiger partial charge in [0.1, 0.15) is 19.8 Å². The second-order valence-electron chi connectivity index (χ2n) is 22.1. The minimum Gasteiger partial charge on any atom is -0.462 e. The van der Waals surface area contributed by atoms with E-state index in [1.807, 2.05) is 21.1 Å². The van der Waals surface area contributed by atoms with Gasteiger partial charge in [-0.3, -0.25) is 18.6 Å². The highest BCUT2D eigenvalue weighted by molar-refractivity contribution is 7.47. The quantitative estimate of drug-likeness (QED) is 0.0211. The minimum absolute atomic E-state index is 0.0295. The Hall–Kier alpha value is -2.81. The second kappa shape index (κ2) is 56.9. The van der Waals surface area contributed by atoms with Crippen LogP contribution in [0.25, 0.3) is 0 Å². The summed E-state index contributed by atoms with van der Waals surface area (Å²) in [4.78, 5) is 35.7. The standard InChI is InChI=1S/C66H118NO8P/c1-6-8-10-12-14-16-18-20-22-23-24-25-26-27-28-29-30-31-32-33-34-35-36-37-38-39-40-41-42-43-45-47-49-51-53-55-57-59-66(69)75-64(63-74-76(70,71)73-61-60-67(3,4)5)62-72-65(68)58-56-54-52-50-48-46-44-21-19-17-15-13-11-9-7-2/h8,10,14,16,20-22,24-25,27-28,30-31,44,64H,6-7,9,11-13,15,17-19,23,26,29,32-43,45-63H2,1-5H3/p+1/b10-8-,16-14-,22-20-,25-24-,28-27-,31-30-,44-21-. The zero-order valence-corrected chi connectivity index (χ0v) is 50.9. The average molecular weight is 1090 g/mol. The van der Waals surface area contributed by atoms with E-state index in [0.29, 0.717) is 17.4 Å². The third-order valence-corrected chi connectivity index (χ3v) is 14.4. The summed E-state index contributed by atoms with van der Waals surface area (Å²) in [6.07, 6.45) is 76.7. The first kappa shape index (κ1) is 73.2. The normalized spacial score (nSPS) is 13.8. The van der Waals surface area contributed by atoms with Gasteiger partial charge in [-0.2, -0.15) is 0 Å². The highest BCUT2D eigenvalue weighted by Crippen LogP contribution is 2.43. The summed E-state index contributed by atoms with van der Waals surface area (Å²) in [6.45, 7) is 4.32. The predicted molar refractivity (Wildman–Crippen MR) is 325 cm³/mol. The monoisotopic (exact) mass is 1080 g/mol. The second-order valence-corrected chi connectivity index (χ2v) is 23.5. The summed E-state index contributed by atoms with van der Waals surface area (Å²) in [6, 6.07) is 0. The van der Waals surface area contributed by atoms with Crippen molar-refractivity contribution in [3.8, 4) is 0 Å². The van der Waals surface area contributed by atoms with Gasteiger partial charge in [-0.25, -0.2) is 4.57 Å². The lowest BCUT2D eigenvalue weighted by Crippen LogP contribution is -2.37. The number of likely N-dealkylation sites (N-methyl/N-ethyl adjacent to an activating group) is 1. The number of ether oxygens (including phenoxy) is 2. The molecule has 0 aliphatic heterocycles. The number of hydrogen-bond acceptors (Lipinski definition) is 7. The number of unbranched alkanes of at least 4 members (excludes halogenated alkanes) is 29. The van der Waals surface area contributed by atoms with Crippen LogP contribution in [0.2, 0.25) is 0 Å². The van der Waals surface area contributed by atoms with Crippen molar-refractivity contribution in [2.24, 2.45) is 0 Å². The first-order chi connectivity index (χ1) is 37.0. The highest BCUT2D eigenvalue weighted by Gasteiger charge is 2.27. The number of carbonyl (C=O) groups is 2. The summed E-state index contributed by atoms with van der Waals surface area (Å²) < 4.78 is 34.6. The van der Waals surface area contributed by atoms with E-state index < -0.39 is 26.5 Å². The van der Waals surface area contributed by atoms with Crippen LogP contribution in [0.15, 0.2) is 85.1 Å². The fourth-order valence-electron chi connectivity index (χ4n) is 8.60. The van der Waals surface area contributed by atoms with Crippen molar-refractivity contribution in [1.82, 2.24) is 0 Å². The number of carbonyl (C=O) groups excluding carboxylic acids is 2. The van der Waals surface area contributed by atoms with Gasteiger partial charge in [-0.1, -0.05) is 253 Å². The molecule has 0 aliphatic rings. The lowest BCUT2D eigenvalue weighted by Gasteiger charge is -2.24. The molecular weight excluding hydrogens is 966 g/mol. The Bertz CT molecular complexity index is 1560. The molecule has 0 aromatic rings. The smallest absolute Gasteiger partial charge is 0.462 e. The number of esters is 2. The third kappa shape index (κ3) is 60.4. The van der Waals surface area contributed by atoms with Gasteiger partial charge in [0, 0.05) is 12.8 Å². The van der Waals surface area contributed by atoms with E-state index in [1.165, 1.54) is 148 Å². The van der Waals surface area contributed by atoms with Crippen molar-refractivity contribution in [2.75, 3.05) is 47.5 Å². The molecule has 0 rings (SSSR count). The van der Waals surface area contributed by atoms with Gasteiger partial charge in [-0.15, -0.1) is 0 Å². The van der Waals surface area contributed by atoms with Gasteiger partial charge in [0.05, 0.1) is 27.7 Å². The van der Waals surface area contributed by atoms with Crippen molar-refractivity contribution in [1.29, 1.82) is 0 Å². The number of phosphoric acid groups is 1. The van der Waals surface area contributed by atoms with Crippen LogP contribution in [-0.4, -0.2) is 74.9 Å². The molecule has 0 aromatic heterocycles. The van der Waals surface area contributed by atoms with Gasteiger partial charge in [0.2, 0.25) is 0 Å². The van der Waals surface area contributed by atoms with E-state index in [0.717, 1.165) is 89.9 Å². The van der Waals surface area contributed by atoms with Crippen LogP contribution >= 0.6 is 7.82 Å². The van der Waals surface area contributed by atoms with Crippen LogP contribution < -0.4 is 0 Å². The van der Waals surface area contributed by atoms with E-state index in [9.17, 15) is 19.0 Å².